The standard InChI is InChI=1S/C15H12N2OS/c1-10-17-12(9-19-10)7-15(18)13-4-2-3-11-5-6-16-8-14(11)13/h2-6,8-9H,7H2,1H3. The lowest BCUT2D eigenvalue weighted by Crippen LogP contribution is -2.04. The molecule has 94 valence electrons. The van der Waals surface area contributed by atoms with E-state index in [0.717, 1.165) is 27.0 Å². The Morgan fingerprint density at radius 1 is 1.32 bits per heavy atom. The summed E-state index contributed by atoms with van der Waals surface area (Å²) in [5.74, 6) is 0.0869. The monoisotopic (exact) mass is 268 g/mol. The first-order valence-electron chi connectivity index (χ1n) is 6.01. The number of aryl methyl sites for hydroxylation is 1. The van der Waals surface area contributed by atoms with Crippen molar-refractivity contribution in [2.24, 2.45) is 0 Å². The van der Waals surface area contributed by atoms with Gasteiger partial charge in [-0.05, 0) is 18.4 Å². The molecule has 0 saturated carbocycles. The number of nitrogens with zero attached hydrogens (tertiary/aromatic N) is 2. The number of carbonyl (C=O) groups excluding carboxylic acids is 1. The van der Waals surface area contributed by atoms with Crippen LogP contribution >= 0.6 is 11.3 Å². The predicted molar refractivity (Wildman–Crippen MR) is 76.6 cm³/mol. The minimum absolute atomic E-state index is 0.0869. The highest BCUT2D eigenvalue weighted by atomic mass is 32.1. The number of pyridine rings is 1. The molecule has 2 aromatic heterocycles. The van der Waals surface area contributed by atoms with Gasteiger partial charge in [-0.1, -0.05) is 18.2 Å². The van der Waals surface area contributed by atoms with Crippen LogP contribution in [0.5, 0.6) is 0 Å². The number of hydrogen-bond donors (Lipinski definition) is 0. The van der Waals surface area contributed by atoms with Crippen molar-refractivity contribution in [3.05, 3.63) is 58.3 Å². The van der Waals surface area contributed by atoms with Gasteiger partial charge < -0.3 is 0 Å². The normalized spacial score (nSPS) is 10.8. The van der Waals surface area contributed by atoms with Crippen LogP contribution in [-0.4, -0.2) is 15.8 Å². The van der Waals surface area contributed by atoms with E-state index in [0.29, 0.717) is 6.42 Å². The first-order chi connectivity index (χ1) is 9.24. The second kappa shape index (κ2) is 4.90. The van der Waals surface area contributed by atoms with Crippen LogP contribution in [0.3, 0.4) is 0 Å². The molecule has 3 aromatic rings. The van der Waals surface area contributed by atoms with Crippen molar-refractivity contribution in [2.45, 2.75) is 13.3 Å². The Morgan fingerprint density at radius 3 is 3.00 bits per heavy atom. The molecule has 3 nitrogen and oxygen atoms in total. The molecule has 0 amide bonds. The second-order valence-corrected chi connectivity index (χ2v) is 5.42. The molecule has 19 heavy (non-hydrogen) atoms. The molecule has 0 N–H and O–H groups in total. The lowest BCUT2D eigenvalue weighted by Gasteiger charge is -2.04. The SMILES string of the molecule is Cc1nc(CC(=O)c2cccc3ccncc23)cs1. The molecule has 0 atom stereocenters. The minimum atomic E-state index is 0.0869. The summed E-state index contributed by atoms with van der Waals surface area (Å²) in [4.78, 5) is 20.8. The van der Waals surface area contributed by atoms with Gasteiger partial charge in [0.1, 0.15) is 0 Å². The van der Waals surface area contributed by atoms with Crippen LogP contribution in [-0.2, 0) is 6.42 Å². The van der Waals surface area contributed by atoms with E-state index in [-0.39, 0.29) is 5.78 Å². The van der Waals surface area contributed by atoms with Gasteiger partial charge in [0.05, 0.1) is 17.1 Å². The molecule has 2 heterocycles. The summed E-state index contributed by atoms with van der Waals surface area (Å²) < 4.78 is 0. The summed E-state index contributed by atoms with van der Waals surface area (Å²) in [5.41, 5.74) is 1.56. The van der Waals surface area contributed by atoms with E-state index < -0.39 is 0 Å². The van der Waals surface area contributed by atoms with Crippen LogP contribution in [0.4, 0.5) is 0 Å². The van der Waals surface area contributed by atoms with E-state index in [9.17, 15) is 4.79 Å². The third-order valence-electron chi connectivity index (χ3n) is 2.99. The Balaban J connectivity index is 1.97. The van der Waals surface area contributed by atoms with E-state index in [2.05, 4.69) is 9.97 Å². The molecule has 4 heteroatoms. The van der Waals surface area contributed by atoms with E-state index in [1.165, 1.54) is 0 Å². The first-order valence-corrected chi connectivity index (χ1v) is 6.89. The van der Waals surface area contributed by atoms with E-state index in [1.54, 1.807) is 23.7 Å². The summed E-state index contributed by atoms with van der Waals surface area (Å²) >= 11 is 1.57. The van der Waals surface area contributed by atoms with E-state index >= 15 is 0 Å². The topological polar surface area (TPSA) is 42.9 Å². The molecule has 1 aromatic carbocycles. The average molecular weight is 268 g/mol. The number of hydrogen-bond acceptors (Lipinski definition) is 4. The lowest BCUT2D eigenvalue weighted by atomic mass is 10.0. The minimum Gasteiger partial charge on any atom is -0.294 e. The average Bonchev–Trinajstić information content (AvgIpc) is 2.83. The number of fused-ring (bicyclic) bond motifs is 1. The molecule has 0 saturated heterocycles. The molecule has 0 fully saturated rings. The third kappa shape index (κ3) is 2.39. The van der Waals surface area contributed by atoms with Crippen molar-refractivity contribution in [3.63, 3.8) is 0 Å². The quantitative estimate of drug-likeness (QED) is 0.683. The van der Waals surface area contributed by atoms with Crippen molar-refractivity contribution in [1.29, 1.82) is 0 Å². The van der Waals surface area contributed by atoms with Crippen LogP contribution in [0.2, 0.25) is 0 Å². The summed E-state index contributed by atoms with van der Waals surface area (Å²) in [7, 11) is 0. The zero-order valence-corrected chi connectivity index (χ0v) is 11.3. The van der Waals surface area contributed by atoms with Gasteiger partial charge in [0, 0.05) is 28.7 Å². The fourth-order valence-electron chi connectivity index (χ4n) is 2.11. The molecule has 3 rings (SSSR count). The Bertz CT molecular complexity index is 743. The van der Waals surface area contributed by atoms with Crippen molar-refractivity contribution in [1.82, 2.24) is 9.97 Å². The highest BCUT2D eigenvalue weighted by Crippen LogP contribution is 2.19. The summed E-state index contributed by atoms with van der Waals surface area (Å²) in [6.07, 6.45) is 3.83. The first kappa shape index (κ1) is 12.0. The maximum absolute atomic E-state index is 12.4. The smallest absolute Gasteiger partial charge is 0.169 e. The van der Waals surface area contributed by atoms with Gasteiger partial charge in [0.25, 0.3) is 0 Å². The fourth-order valence-corrected chi connectivity index (χ4v) is 2.72. The zero-order valence-electron chi connectivity index (χ0n) is 10.5. The molecular formula is C15H12N2OS. The summed E-state index contributed by atoms with van der Waals surface area (Å²) in [6.45, 7) is 1.94. The van der Waals surface area contributed by atoms with E-state index in [4.69, 9.17) is 0 Å². The second-order valence-electron chi connectivity index (χ2n) is 4.36. The molecule has 0 unspecified atom stereocenters. The molecule has 0 aliphatic heterocycles. The number of ketones is 1. The van der Waals surface area contributed by atoms with E-state index in [1.807, 2.05) is 36.6 Å². The molecule has 0 aliphatic rings. The molecule has 0 bridgehead atoms. The summed E-state index contributed by atoms with van der Waals surface area (Å²) in [6, 6.07) is 7.66. The van der Waals surface area contributed by atoms with Crippen molar-refractivity contribution >= 4 is 27.9 Å². The van der Waals surface area contributed by atoms with Crippen LogP contribution in [0.25, 0.3) is 10.8 Å². The Labute approximate surface area is 115 Å². The number of carbonyl (C=O) groups is 1. The molecule has 0 radical (unpaired) electrons. The number of Topliss-reactive ketones (excluding diaryl/α,β-unsaturated/α-hetero) is 1. The number of rotatable bonds is 3. The van der Waals surface area contributed by atoms with Crippen LogP contribution in [0.15, 0.2) is 42.0 Å². The molecule has 0 aliphatic carbocycles. The maximum atomic E-state index is 12.4. The van der Waals surface area contributed by atoms with Crippen LogP contribution in [0, 0.1) is 6.92 Å². The van der Waals surface area contributed by atoms with Gasteiger partial charge in [-0.25, -0.2) is 4.98 Å². The Morgan fingerprint density at radius 2 is 2.21 bits per heavy atom. The van der Waals surface area contributed by atoms with Gasteiger partial charge in [0.2, 0.25) is 0 Å². The Kier molecular flexibility index (Phi) is 3.09. The number of benzene rings is 1. The van der Waals surface area contributed by atoms with Crippen molar-refractivity contribution in [2.75, 3.05) is 0 Å². The highest BCUT2D eigenvalue weighted by Gasteiger charge is 2.12. The van der Waals surface area contributed by atoms with Crippen LogP contribution < -0.4 is 0 Å². The van der Waals surface area contributed by atoms with Gasteiger partial charge in [-0.3, -0.25) is 9.78 Å². The number of thiazole rings is 1. The maximum Gasteiger partial charge on any atom is 0.169 e. The molecular weight excluding hydrogens is 256 g/mol. The van der Waals surface area contributed by atoms with Gasteiger partial charge >= 0.3 is 0 Å². The largest absolute Gasteiger partial charge is 0.294 e. The zero-order chi connectivity index (χ0) is 13.2. The predicted octanol–water partition coefficient (Wildman–Crippen LogP) is 3.43. The summed E-state index contributed by atoms with van der Waals surface area (Å²) in [5, 5.41) is 4.87. The van der Waals surface area contributed by atoms with Gasteiger partial charge in [-0.15, -0.1) is 11.3 Å². The fraction of sp³-hybridized carbons (Fsp3) is 0.133. The van der Waals surface area contributed by atoms with Crippen molar-refractivity contribution < 1.29 is 4.79 Å². The third-order valence-corrected chi connectivity index (χ3v) is 3.81. The highest BCUT2D eigenvalue weighted by molar-refractivity contribution is 7.09. The van der Waals surface area contributed by atoms with Crippen molar-refractivity contribution in [3.8, 4) is 0 Å². The van der Waals surface area contributed by atoms with Gasteiger partial charge in [0.15, 0.2) is 5.78 Å². The lowest BCUT2D eigenvalue weighted by molar-refractivity contribution is 0.0993. The molecule has 0 spiro atoms. The number of aromatic nitrogens is 2. The van der Waals surface area contributed by atoms with Gasteiger partial charge in [-0.2, -0.15) is 0 Å². The van der Waals surface area contributed by atoms with Crippen LogP contribution in [0.1, 0.15) is 21.1 Å². The Hall–Kier alpha value is -2.07.